The molecule has 158 valence electrons. The minimum atomic E-state index is -0.0646. The third kappa shape index (κ3) is 5.22. The number of ether oxygens (including phenoxy) is 1. The zero-order valence-corrected chi connectivity index (χ0v) is 17.9. The Kier molecular flexibility index (Phi) is 6.39. The molecule has 1 aliphatic rings. The summed E-state index contributed by atoms with van der Waals surface area (Å²) in [6, 6.07) is 5.92. The van der Waals surface area contributed by atoms with Crippen LogP contribution in [0.1, 0.15) is 31.7 Å². The van der Waals surface area contributed by atoms with Crippen LogP contribution >= 0.6 is 11.3 Å². The minimum Gasteiger partial charge on any atom is -0.421 e. The van der Waals surface area contributed by atoms with Crippen molar-refractivity contribution in [3.05, 3.63) is 46.6 Å². The van der Waals surface area contributed by atoms with Crippen molar-refractivity contribution in [1.82, 2.24) is 20.5 Å². The molecule has 1 saturated heterocycles. The van der Waals surface area contributed by atoms with Crippen LogP contribution in [-0.4, -0.2) is 46.4 Å². The van der Waals surface area contributed by atoms with Crippen molar-refractivity contribution in [1.29, 1.82) is 0 Å². The Labute approximate surface area is 179 Å². The van der Waals surface area contributed by atoms with Crippen molar-refractivity contribution in [2.24, 2.45) is 0 Å². The van der Waals surface area contributed by atoms with Crippen molar-refractivity contribution < 1.29 is 13.9 Å². The number of anilines is 1. The van der Waals surface area contributed by atoms with Crippen molar-refractivity contribution in [2.45, 2.75) is 45.4 Å². The fourth-order valence-corrected chi connectivity index (χ4v) is 4.07. The van der Waals surface area contributed by atoms with Gasteiger partial charge in [0.25, 0.3) is 0 Å². The second kappa shape index (κ2) is 9.36. The molecule has 1 aliphatic heterocycles. The maximum Gasteiger partial charge on any atom is 0.248 e. The van der Waals surface area contributed by atoms with Crippen LogP contribution in [0.25, 0.3) is 11.5 Å². The minimum absolute atomic E-state index is 0.0646. The summed E-state index contributed by atoms with van der Waals surface area (Å²) in [7, 11) is 0. The van der Waals surface area contributed by atoms with Crippen LogP contribution < -0.4 is 10.2 Å². The van der Waals surface area contributed by atoms with E-state index in [2.05, 4.69) is 39.2 Å². The van der Waals surface area contributed by atoms with Crippen LogP contribution in [0.15, 0.2) is 39.6 Å². The molecule has 1 amide bonds. The first-order valence-corrected chi connectivity index (χ1v) is 11.0. The van der Waals surface area contributed by atoms with Crippen LogP contribution in [0.3, 0.4) is 0 Å². The lowest BCUT2D eigenvalue weighted by molar-refractivity contribution is -0.121. The standard InChI is InChI=1S/C21H25N5O3S/c1-14-11-26(12-15(2)28-14)18-4-3-16(9-22-18)10-23-19(27)5-6-20-24-25-21(29-20)17-7-8-30-13-17/h3-4,7-9,13-15H,5-6,10-12H2,1-2H3,(H,23,27). The molecule has 9 heteroatoms. The SMILES string of the molecule is CC1CN(c2ccc(CNC(=O)CCc3nnc(-c4ccsc4)o3)cn2)CC(C)O1. The second-order valence-corrected chi connectivity index (χ2v) is 8.26. The van der Waals surface area contributed by atoms with Gasteiger partial charge in [-0.2, -0.15) is 11.3 Å². The van der Waals surface area contributed by atoms with Gasteiger partial charge in [-0.15, -0.1) is 10.2 Å². The van der Waals surface area contributed by atoms with E-state index in [1.165, 1.54) is 0 Å². The molecular formula is C21H25N5O3S. The van der Waals surface area contributed by atoms with E-state index < -0.39 is 0 Å². The normalized spacial score (nSPS) is 19.1. The molecule has 0 aromatic carbocycles. The fourth-order valence-electron chi connectivity index (χ4n) is 3.44. The third-order valence-electron chi connectivity index (χ3n) is 4.84. The van der Waals surface area contributed by atoms with E-state index in [0.29, 0.717) is 31.2 Å². The number of nitrogens with zero attached hydrogens (tertiary/aromatic N) is 4. The molecule has 0 spiro atoms. The summed E-state index contributed by atoms with van der Waals surface area (Å²) < 4.78 is 11.4. The topological polar surface area (TPSA) is 93.4 Å². The van der Waals surface area contributed by atoms with E-state index in [-0.39, 0.29) is 18.1 Å². The van der Waals surface area contributed by atoms with Crippen molar-refractivity contribution in [3.8, 4) is 11.5 Å². The number of aromatic nitrogens is 3. The predicted molar refractivity (Wildman–Crippen MR) is 114 cm³/mol. The van der Waals surface area contributed by atoms with Crippen LogP contribution in [0.2, 0.25) is 0 Å². The highest BCUT2D eigenvalue weighted by atomic mass is 32.1. The highest BCUT2D eigenvalue weighted by molar-refractivity contribution is 7.08. The van der Waals surface area contributed by atoms with E-state index in [0.717, 1.165) is 30.0 Å². The molecule has 4 rings (SSSR count). The number of aryl methyl sites for hydroxylation is 1. The summed E-state index contributed by atoms with van der Waals surface area (Å²) in [5.74, 6) is 1.82. The van der Waals surface area contributed by atoms with Gasteiger partial charge in [0.05, 0.1) is 12.2 Å². The van der Waals surface area contributed by atoms with Crippen molar-refractivity contribution in [3.63, 3.8) is 0 Å². The largest absolute Gasteiger partial charge is 0.421 e. The highest BCUT2D eigenvalue weighted by Gasteiger charge is 2.23. The van der Waals surface area contributed by atoms with Gasteiger partial charge in [0, 0.05) is 49.6 Å². The highest BCUT2D eigenvalue weighted by Crippen LogP contribution is 2.21. The monoisotopic (exact) mass is 427 g/mol. The molecule has 0 bridgehead atoms. The number of morpholine rings is 1. The number of hydrogen-bond donors (Lipinski definition) is 1. The van der Waals surface area contributed by atoms with Crippen molar-refractivity contribution >= 4 is 23.1 Å². The molecule has 2 unspecified atom stereocenters. The summed E-state index contributed by atoms with van der Waals surface area (Å²) in [4.78, 5) is 19.0. The molecule has 30 heavy (non-hydrogen) atoms. The Morgan fingerprint density at radius 2 is 2.07 bits per heavy atom. The Morgan fingerprint density at radius 1 is 1.23 bits per heavy atom. The number of carbonyl (C=O) groups excluding carboxylic acids is 1. The van der Waals surface area contributed by atoms with Crippen LogP contribution in [-0.2, 0) is 22.5 Å². The Hall–Kier alpha value is -2.78. The Bertz CT molecular complexity index is 947. The van der Waals surface area contributed by atoms with Gasteiger partial charge >= 0.3 is 0 Å². The molecule has 8 nitrogen and oxygen atoms in total. The lowest BCUT2D eigenvalue weighted by atomic mass is 10.2. The lowest BCUT2D eigenvalue weighted by Gasteiger charge is -2.36. The quantitative estimate of drug-likeness (QED) is 0.619. The maximum absolute atomic E-state index is 12.2. The van der Waals surface area contributed by atoms with Crippen LogP contribution in [0.4, 0.5) is 5.82 Å². The smallest absolute Gasteiger partial charge is 0.248 e. The number of amides is 1. The zero-order chi connectivity index (χ0) is 20.9. The van der Waals surface area contributed by atoms with Gasteiger partial charge < -0.3 is 19.4 Å². The molecule has 1 fully saturated rings. The average molecular weight is 428 g/mol. The molecular weight excluding hydrogens is 402 g/mol. The van der Waals surface area contributed by atoms with E-state index in [4.69, 9.17) is 9.15 Å². The first-order chi connectivity index (χ1) is 14.6. The van der Waals surface area contributed by atoms with Gasteiger partial charge in [-0.25, -0.2) is 4.98 Å². The number of thiophene rings is 1. The van der Waals surface area contributed by atoms with Crippen LogP contribution in [0, 0.1) is 0 Å². The van der Waals surface area contributed by atoms with Gasteiger partial charge in [0.15, 0.2) is 0 Å². The van der Waals surface area contributed by atoms with Gasteiger partial charge in [-0.3, -0.25) is 4.79 Å². The number of nitrogens with one attached hydrogen (secondary N) is 1. The van der Waals surface area contributed by atoms with E-state index >= 15 is 0 Å². The van der Waals surface area contributed by atoms with E-state index in [9.17, 15) is 4.79 Å². The average Bonchev–Trinajstić information content (AvgIpc) is 3.42. The van der Waals surface area contributed by atoms with Gasteiger partial charge in [-0.1, -0.05) is 6.07 Å². The predicted octanol–water partition coefficient (Wildman–Crippen LogP) is 3.06. The third-order valence-corrected chi connectivity index (χ3v) is 5.53. The first kappa shape index (κ1) is 20.5. The maximum atomic E-state index is 12.2. The van der Waals surface area contributed by atoms with Gasteiger partial charge in [0.1, 0.15) is 5.82 Å². The zero-order valence-electron chi connectivity index (χ0n) is 17.1. The molecule has 3 aromatic heterocycles. The molecule has 4 heterocycles. The Balaban J connectivity index is 1.23. The summed E-state index contributed by atoms with van der Waals surface area (Å²) in [6.07, 6.45) is 2.89. The number of hydrogen-bond acceptors (Lipinski definition) is 8. The fraction of sp³-hybridized carbons (Fsp3) is 0.429. The summed E-state index contributed by atoms with van der Waals surface area (Å²) in [6.45, 7) is 6.24. The number of carbonyl (C=O) groups is 1. The molecule has 1 N–H and O–H groups in total. The van der Waals surface area contributed by atoms with Gasteiger partial charge in [-0.05, 0) is 36.9 Å². The van der Waals surface area contributed by atoms with Gasteiger partial charge in [0.2, 0.25) is 17.7 Å². The summed E-state index contributed by atoms with van der Waals surface area (Å²) in [5, 5.41) is 14.9. The summed E-state index contributed by atoms with van der Waals surface area (Å²) >= 11 is 1.57. The lowest BCUT2D eigenvalue weighted by Crippen LogP contribution is -2.45. The molecule has 0 aliphatic carbocycles. The number of rotatable bonds is 7. The van der Waals surface area contributed by atoms with E-state index in [1.54, 1.807) is 11.3 Å². The second-order valence-electron chi connectivity index (χ2n) is 7.48. The molecule has 2 atom stereocenters. The molecule has 3 aromatic rings. The number of pyridine rings is 1. The van der Waals surface area contributed by atoms with Crippen molar-refractivity contribution in [2.75, 3.05) is 18.0 Å². The van der Waals surface area contributed by atoms with Crippen LogP contribution in [0.5, 0.6) is 0 Å². The first-order valence-electron chi connectivity index (χ1n) is 10.0. The molecule has 0 radical (unpaired) electrons. The Morgan fingerprint density at radius 3 is 2.77 bits per heavy atom. The van der Waals surface area contributed by atoms with E-state index in [1.807, 2.05) is 35.2 Å². The summed E-state index contributed by atoms with van der Waals surface area (Å²) in [5.41, 5.74) is 1.86. The molecule has 0 saturated carbocycles.